The van der Waals surface area contributed by atoms with E-state index in [2.05, 4.69) is 27.6 Å². The van der Waals surface area contributed by atoms with E-state index in [1.54, 1.807) is 0 Å². The summed E-state index contributed by atoms with van der Waals surface area (Å²) in [6.07, 6.45) is -0.192. The number of aryl methyl sites for hydroxylation is 4. The van der Waals surface area contributed by atoms with Crippen molar-refractivity contribution >= 4 is 17.8 Å². The molecular formula is C26H26F4N4O7. The Kier molecular flexibility index (Phi) is 9.24. The molecule has 2 aliphatic rings. The topological polar surface area (TPSA) is 157 Å². The summed E-state index contributed by atoms with van der Waals surface area (Å²) in [7, 11) is 0. The highest BCUT2D eigenvalue weighted by molar-refractivity contribution is 5.76. The van der Waals surface area contributed by atoms with E-state index in [4.69, 9.17) is 28.9 Å². The van der Waals surface area contributed by atoms with Crippen LogP contribution in [0.1, 0.15) is 53.7 Å². The zero-order valence-electron chi connectivity index (χ0n) is 21.5. The number of ether oxygens (including phenoxy) is 2. The molecule has 1 unspecified atom stereocenters. The minimum atomic E-state index is -5.08. The molecule has 4 heterocycles. The maximum absolute atomic E-state index is 14.2. The van der Waals surface area contributed by atoms with E-state index in [1.165, 1.54) is 17.7 Å². The zero-order chi connectivity index (χ0) is 29.6. The van der Waals surface area contributed by atoms with E-state index in [0.717, 1.165) is 43.7 Å². The number of carboxylic acids is 2. The fourth-order valence-corrected chi connectivity index (χ4v) is 4.32. The maximum atomic E-state index is 14.2. The average Bonchev–Trinajstić information content (AvgIpc) is 3.58. The first-order valence-corrected chi connectivity index (χ1v) is 12.7. The van der Waals surface area contributed by atoms with Gasteiger partial charge in [0, 0.05) is 25.1 Å². The van der Waals surface area contributed by atoms with E-state index in [1.807, 2.05) is 0 Å². The van der Waals surface area contributed by atoms with Crippen LogP contribution in [-0.2, 0) is 35.3 Å². The molecule has 15 heteroatoms. The lowest BCUT2D eigenvalue weighted by molar-refractivity contribution is -0.192. The van der Waals surface area contributed by atoms with Crippen molar-refractivity contribution in [2.24, 2.45) is 0 Å². The molecule has 0 radical (unpaired) electrons. The van der Waals surface area contributed by atoms with E-state index in [0.29, 0.717) is 23.7 Å². The number of rotatable bonds is 9. The number of halogens is 4. The second-order valence-corrected chi connectivity index (χ2v) is 9.27. The van der Waals surface area contributed by atoms with E-state index in [9.17, 15) is 27.5 Å². The fraction of sp³-hybridized carbons (Fsp3) is 0.423. The van der Waals surface area contributed by atoms with Crippen LogP contribution in [0.3, 0.4) is 0 Å². The van der Waals surface area contributed by atoms with Crippen LogP contribution in [0.15, 0.2) is 28.8 Å². The van der Waals surface area contributed by atoms with Crippen molar-refractivity contribution in [1.82, 2.24) is 15.1 Å². The number of pyridine rings is 1. The summed E-state index contributed by atoms with van der Waals surface area (Å²) < 4.78 is 61.5. The van der Waals surface area contributed by atoms with Crippen LogP contribution in [0.25, 0.3) is 0 Å². The lowest BCUT2D eigenvalue weighted by atomic mass is 9.93. The monoisotopic (exact) mass is 582 g/mol. The summed E-state index contributed by atoms with van der Waals surface area (Å²) in [5.41, 5.74) is 2.60. The lowest BCUT2D eigenvalue weighted by Gasteiger charge is -2.17. The van der Waals surface area contributed by atoms with Gasteiger partial charge < -0.3 is 29.5 Å². The number of anilines is 1. The Balaban J connectivity index is 0.000000493. The van der Waals surface area contributed by atoms with Gasteiger partial charge in [-0.05, 0) is 61.4 Å². The molecule has 5 rings (SSSR count). The Hall–Kier alpha value is -4.43. The number of aromatic nitrogens is 3. The third-order valence-electron chi connectivity index (χ3n) is 6.33. The molecule has 0 saturated heterocycles. The van der Waals surface area contributed by atoms with Crippen molar-refractivity contribution in [3.8, 4) is 11.5 Å². The second kappa shape index (κ2) is 12.8. The minimum absolute atomic E-state index is 0.0104. The molecule has 0 aliphatic carbocycles. The molecule has 3 N–H and O–H groups in total. The summed E-state index contributed by atoms with van der Waals surface area (Å²) in [6.45, 7) is 0.874. The Labute approximate surface area is 230 Å². The smallest absolute Gasteiger partial charge is 0.481 e. The normalized spacial score (nSPS) is 14.3. The van der Waals surface area contributed by atoms with Gasteiger partial charge in [0.2, 0.25) is 18.4 Å². The van der Waals surface area contributed by atoms with Gasteiger partial charge in [-0.2, -0.15) is 18.2 Å². The van der Waals surface area contributed by atoms with Crippen molar-refractivity contribution in [2.45, 2.75) is 57.0 Å². The Bertz CT molecular complexity index is 1400. The van der Waals surface area contributed by atoms with Crippen molar-refractivity contribution in [2.75, 3.05) is 18.7 Å². The molecule has 0 saturated carbocycles. The summed E-state index contributed by atoms with van der Waals surface area (Å²) in [4.78, 5) is 29.8. The number of carboxylic acid groups (broad SMARTS) is 2. The van der Waals surface area contributed by atoms with Crippen molar-refractivity contribution < 1.29 is 51.4 Å². The number of carbonyl (C=O) groups is 2. The molecule has 3 aromatic rings. The molecule has 2 aliphatic heterocycles. The van der Waals surface area contributed by atoms with Crippen molar-refractivity contribution in [3.05, 3.63) is 58.6 Å². The number of benzene rings is 1. The highest BCUT2D eigenvalue weighted by atomic mass is 19.4. The third kappa shape index (κ3) is 7.83. The molecule has 1 atom stereocenters. The van der Waals surface area contributed by atoms with Gasteiger partial charge >= 0.3 is 18.1 Å². The molecule has 41 heavy (non-hydrogen) atoms. The van der Waals surface area contributed by atoms with Gasteiger partial charge in [0.15, 0.2) is 17.4 Å². The summed E-state index contributed by atoms with van der Waals surface area (Å²) in [5.74, 6) is -3.26. The zero-order valence-corrected chi connectivity index (χ0v) is 21.5. The highest BCUT2D eigenvalue weighted by Gasteiger charge is 2.38. The van der Waals surface area contributed by atoms with Crippen LogP contribution >= 0.6 is 0 Å². The van der Waals surface area contributed by atoms with Crippen molar-refractivity contribution in [1.29, 1.82) is 0 Å². The summed E-state index contributed by atoms with van der Waals surface area (Å²) >= 11 is 0. The Morgan fingerprint density at radius 1 is 1.07 bits per heavy atom. The van der Waals surface area contributed by atoms with Crippen LogP contribution in [0.4, 0.5) is 23.4 Å². The van der Waals surface area contributed by atoms with Crippen LogP contribution in [0.2, 0.25) is 0 Å². The first-order valence-electron chi connectivity index (χ1n) is 12.7. The molecule has 0 bridgehead atoms. The predicted molar refractivity (Wildman–Crippen MR) is 132 cm³/mol. The van der Waals surface area contributed by atoms with E-state index >= 15 is 0 Å². The third-order valence-corrected chi connectivity index (χ3v) is 6.33. The molecule has 1 aromatic carbocycles. The SMILES string of the molecule is O=C(O)C(CCc1nc(CCCc2ccc3c(n2)NCCC3)no1)c1cc(F)c2c(c1)OCO2.O=C(O)C(F)(F)F. The van der Waals surface area contributed by atoms with Crippen molar-refractivity contribution in [3.63, 3.8) is 0 Å². The van der Waals surface area contributed by atoms with Crippen LogP contribution < -0.4 is 14.8 Å². The van der Waals surface area contributed by atoms with Gasteiger partial charge in [0.1, 0.15) is 5.82 Å². The van der Waals surface area contributed by atoms with Gasteiger partial charge in [-0.15, -0.1) is 0 Å². The van der Waals surface area contributed by atoms with Gasteiger partial charge in [0.25, 0.3) is 0 Å². The molecule has 11 nitrogen and oxygen atoms in total. The average molecular weight is 583 g/mol. The highest BCUT2D eigenvalue weighted by Crippen LogP contribution is 2.38. The molecule has 0 spiro atoms. The van der Waals surface area contributed by atoms with Gasteiger partial charge in [-0.3, -0.25) is 4.79 Å². The van der Waals surface area contributed by atoms with Crippen LogP contribution in [0, 0.1) is 5.82 Å². The second-order valence-electron chi connectivity index (χ2n) is 9.27. The van der Waals surface area contributed by atoms with Crippen LogP contribution in [0.5, 0.6) is 11.5 Å². The fourth-order valence-electron chi connectivity index (χ4n) is 4.32. The Morgan fingerprint density at radius 3 is 2.59 bits per heavy atom. The quantitative estimate of drug-likeness (QED) is 0.309. The lowest BCUT2D eigenvalue weighted by Crippen LogP contribution is -2.21. The number of hydrogen-bond acceptors (Lipinski definition) is 9. The number of alkyl halides is 3. The first-order chi connectivity index (χ1) is 19.5. The number of hydrogen-bond donors (Lipinski definition) is 3. The molecule has 0 fully saturated rings. The minimum Gasteiger partial charge on any atom is -0.481 e. The number of aliphatic carboxylic acids is 2. The van der Waals surface area contributed by atoms with Gasteiger partial charge in [0.05, 0.1) is 5.92 Å². The largest absolute Gasteiger partial charge is 0.490 e. The summed E-state index contributed by atoms with van der Waals surface area (Å²) in [6, 6.07) is 6.89. The maximum Gasteiger partial charge on any atom is 0.490 e. The van der Waals surface area contributed by atoms with Gasteiger partial charge in [-0.25, -0.2) is 14.2 Å². The van der Waals surface area contributed by atoms with Crippen LogP contribution in [-0.4, -0.2) is 56.8 Å². The molecule has 0 amide bonds. The number of fused-ring (bicyclic) bond motifs is 2. The number of nitrogens with zero attached hydrogens (tertiary/aromatic N) is 3. The van der Waals surface area contributed by atoms with E-state index in [-0.39, 0.29) is 31.1 Å². The molecule has 2 aromatic heterocycles. The van der Waals surface area contributed by atoms with Gasteiger partial charge in [-0.1, -0.05) is 11.2 Å². The summed E-state index contributed by atoms with van der Waals surface area (Å²) in [5, 5.41) is 24.2. The Morgan fingerprint density at radius 2 is 1.85 bits per heavy atom. The molecule has 220 valence electrons. The van der Waals surface area contributed by atoms with E-state index < -0.39 is 29.9 Å². The number of nitrogens with one attached hydrogen (secondary N) is 1. The first kappa shape index (κ1) is 29.6. The molecular weight excluding hydrogens is 556 g/mol. The standard InChI is InChI=1S/C24H25FN4O5.C2HF3O2/c25-18-11-15(12-19-22(18)33-13-32-19)17(24(30)31)8-9-21-28-20(29-34-21)5-1-4-16-7-6-14-3-2-10-26-23(14)27-16;3-2(4,5)1(6)7/h6-7,11-12,17H,1-5,8-10,13H2,(H,26,27)(H,30,31);(H,6,7). The predicted octanol–water partition coefficient (Wildman–Crippen LogP) is 4.30.